The van der Waals surface area contributed by atoms with E-state index in [0.29, 0.717) is 23.1 Å². The predicted molar refractivity (Wildman–Crippen MR) is 103 cm³/mol. The van der Waals surface area contributed by atoms with E-state index in [0.717, 1.165) is 10.9 Å². The number of aromatic nitrogens is 2. The van der Waals surface area contributed by atoms with Gasteiger partial charge in [0.05, 0.1) is 11.0 Å². The van der Waals surface area contributed by atoms with Crippen LogP contribution in [0.1, 0.15) is 15.9 Å². The number of rotatable bonds is 3. The molecule has 0 saturated carbocycles. The molecule has 0 radical (unpaired) electrons. The SMILES string of the molecule is CN(Cc1csc2ccccc12)C(=O)c1ccc2[nH]c(=O)c(=O)[nH]c2c1. The van der Waals surface area contributed by atoms with Gasteiger partial charge in [0.15, 0.2) is 0 Å². The van der Waals surface area contributed by atoms with E-state index in [1.54, 1.807) is 41.5 Å². The van der Waals surface area contributed by atoms with Gasteiger partial charge in [-0.05, 0) is 40.6 Å². The highest BCUT2D eigenvalue weighted by Gasteiger charge is 2.15. The highest BCUT2D eigenvalue weighted by Crippen LogP contribution is 2.26. The Bertz CT molecular complexity index is 1250. The lowest BCUT2D eigenvalue weighted by molar-refractivity contribution is 0.0786. The number of aromatic amines is 2. The van der Waals surface area contributed by atoms with Crippen molar-refractivity contribution in [1.82, 2.24) is 14.9 Å². The number of benzene rings is 2. The van der Waals surface area contributed by atoms with Crippen molar-refractivity contribution < 1.29 is 4.79 Å². The Morgan fingerprint density at radius 1 is 1.04 bits per heavy atom. The van der Waals surface area contributed by atoms with Crippen molar-refractivity contribution in [2.24, 2.45) is 0 Å². The van der Waals surface area contributed by atoms with E-state index in [2.05, 4.69) is 27.5 Å². The molecule has 0 spiro atoms. The van der Waals surface area contributed by atoms with Gasteiger partial charge in [0.2, 0.25) is 0 Å². The van der Waals surface area contributed by atoms with Crippen molar-refractivity contribution >= 4 is 38.4 Å². The molecule has 26 heavy (non-hydrogen) atoms. The average Bonchev–Trinajstić information content (AvgIpc) is 3.05. The number of hydrogen-bond donors (Lipinski definition) is 2. The first-order valence-corrected chi connectivity index (χ1v) is 8.88. The number of hydrogen-bond acceptors (Lipinski definition) is 4. The normalized spacial score (nSPS) is 11.1. The number of H-pyrrole nitrogens is 2. The average molecular weight is 365 g/mol. The van der Waals surface area contributed by atoms with E-state index in [1.165, 1.54) is 4.70 Å². The molecule has 0 bridgehead atoms. The number of carbonyl (C=O) groups is 1. The van der Waals surface area contributed by atoms with Crippen molar-refractivity contribution in [3.05, 3.63) is 79.7 Å². The third-order valence-corrected chi connectivity index (χ3v) is 5.30. The molecule has 7 heteroatoms. The summed E-state index contributed by atoms with van der Waals surface area (Å²) in [5.74, 6) is -0.158. The van der Waals surface area contributed by atoms with Crippen LogP contribution in [-0.2, 0) is 6.54 Å². The van der Waals surface area contributed by atoms with E-state index in [-0.39, 0.29) is 5.91 Å². The minimum Gasteiger partial charge on any atom is -0.337 e. The van der Waals surface area contributed by atoms with Gasteiger partial charge in [0, 0.05) is 23.9 Å². The molecule has 2 aromatic heterocycles. The Morgan fingerprint density at radius 2 is 1.77 bits per heavy atom. The van der Waals surface area contributed by atoms with Crippen molar-refractivity contribution in [1.29, 1.82) is 0 Å². The minimum absolute atomic E-state index is 0.158. The monoisotopic (exact) mass is 365 g/mol. The maximum atomic E-state index is 12.8. The second-order valence-corrected chi connectivity index (χ2v) is 7.00. The molecule has 130 valence electrons. The number of nitrogens with zero attached hydrogens (tertiary/aromatic N) is 1. The van der Waals surface area contributed by atoms with Crippen LogP contribution in [0.3, 0.4) is 0 Å². The maximum Gasteiger partial charge on any atom is 0.314 e. The Balaban J connectivity index is 1.64. The predicted octanol–water partition coefficient (Wildman–Crippen LogP) is 2.70. The molecule has 0 aliphatic carbocycles. The highest BCUT2D eigenvalue weighted by molar-refractivity contribution is 7.17. The van der Waals surface area contributed by atoms with Crippen molar-refractivity contribution in [3.8, 4) is 0 Å². The summed E-state index contributed by atoms with van der Waals surface area (Å²) in [6.07, 6.45) is 0. The molecule has 0 atom stereocenters. The first kappa shape index (κ1) is 16.3. The molecule has 2 N–H and O–H groups in total. The van der Waals surface area contributed by atoms with Gasteiger partial charge in [-0.2, -0.15) is 0 Å². The minimum atomic E-state index is -0.736. The molecular weight excluding hydrogens is 350 g/mol. The molecule has 1 amide bonds. The molecule has 0 aliphatic rings. The molecule has 2 heterocycles. The second-order valence-electron chi connectivity index (χ2n) is 6.09. The zero-order valence-electron chi connectivity index (χ0n) is 13.9. The lowest BCUT2D eigenvalue weighted by Crippen LogP contribution is -2.29. The standard InChI is InChI=1S/C19H15N3O3S/c1-22(9-12-10-26-16-5-3-2-4-13(12)16)19(25)11-6-7-14-15(8-11)21-18(24)17(23)20-14/h2-8,10H,9H2,1H3,(H,20,23)(H,21,24). The molecule has 0 fully saturated rings. The van der Waals surface area contributed by atoms with Gasteiger partial charge < -0.3 is 14.9 Å². The van der Waals surface area contributed by atoms with Crippen LogP contribution in [0.2, 0.25) is 0 Å². The molecule has 0 aliphatic heterocycles. The van der Waals surface area contributed by atoms with Crippen LogP contribution in [0, 0.1) is 0 Å². The molecular formula is C19H15N3O3S. The Labute approximate surface area is 151 Å². The maximum absolute atomic E-state index is 12.8. The third-order valence-electron chi connectivity index (χ3n) is 4.28. The van der Waals surface area contributed by atoms with Crippen molar-refractivity contribution in [3.63, 3.8) is 0 Å². The zero-order chi connectivity index (χ0) is 18.3. The number of carbonyl (C=O) groups excluding carboxylic acids is 1. The summed E-state index contributed by atoms with van der Waals surface area (Å²) < 4.78 is 1.19. The van der Waals surface area contributed by atoms with Crippen LogP contribution in [-0.4, -0.2) is 27.8 Å². The molecule has 2 aromatic carbocycles. The van der Waals surface area contributed by atoms with Crippen LogP contribution in [0.25, 0.3) is 21.1 Å². The molecule has 0 unspecified atom stereocenters. The van der Waals surface area contributed by atoms with Gasteiger partial charge in [0.1, 0.15) is 0 Å². The van der Waals surface area contributed by atoms with Crippen LogP contribution in [0.15, 0.2) is 57.4 Å². The largest absolute Gasteiger partial charge is 0.337 e. The lowest BCUT2D eigenvalue weighted by Gasteiger charge is -2.17. The number of nitrogens with one attached hydrogen (secondary N) is 2. The molecule has 0 saturated heterocycles. The van der Waals surface area contributed by atoms with E-state index >= 15 is 0 Å². The summed E-state index contributed by atoms with van der Waals surface area (Å²) in [4.78, 5) is 42.2. The van der Waals surface area contributed by atoms with Crippen molar-refractivity contribution in [2.75, 3.05) is 7.05 Å². The quantitative estimate of drug-likeness (QED) is 0.547. The van der Waals surface area contributed by atoms with E-state index in [4.69, 9.17) is 0 Å². The summed E-state index contributed by atoms with van der Waals surface area (Å²) in [6.45, 7) is 0.489. The van der Waals surface area contributed by atoms with Gasteiger partial charge >= 0.3 is 11.1 Å². The topological polar surface area (TPSA) is 86.0 Å². The number of thiophene rings is 1. The first-order chi connectivity index (χ1) is 12.5. The number of amides is 1. The lowest BCUT2D eigenvalue weighted by atomic mass is 10.1. The fraction of sp³-hybridized carbons (Fsp3) is 0.105. The highest BCUT2D eigenvalue weighted by atomic mass is 32.1. The van der Waals surface area contributed by atoms with Crippen LogP contribution in [0.5, 0.6) is 0 Å². The van der Waals surface area contributed by atoms with E-state index < -0.39 is 11.1 Å². The molecule has 6 nitrogen and oxygen atoms in total. The van der Waals surface area contributed by atoms with Crippen LogP contribution in [0.4, 0.5) is 0 Å². The Morgan fingerprint density at radius 3 is 2.58 bits per heavy atom. The second kappa shape index (κ2) is 6.27. The Hall–Kier alpha value is -3.19. The van der Waals surface area contributed by atoms with Gasteiger partial charge in [-0.25, -0.2) is 0 Å². The van der Waals surface area contributed by atoms with Gasteiger partial charge in [0.25, 0.3) is 5.91 Å². The van der Waals surface area contributed by atoms with Gasteiger partial charge in [-0.1, -0.05) is 18.2 Å². The summed E-state index contributed by atoms with van der Waals surface area (Å²) >= 11 is 1.66. The zero-order valence-corrected chi connectivity index (χ0v) is 14.7. The van der Waals surface area contributed by atoms with E-state index in [9.17, 15) is 14.4 Å². The molecule has 4 rings (SSSR count). The van der Waals surface area contributed by atoms with Crippen LogP contribution < -0.4 is 11.1 Å². The fourth-order valence-corrected chi connectivity index (χ4v) is 3.90. The van der Waals surface area contributed by atoms with Crippen molar-refractivity contribution in [2.45, 2.75) is 6.54 Å². The summed E-state index contributed by atoms with van der Waals surface area (Å²) in [5.41, 5.74) is 1.01. The summed E-state index contributed by atoms with van der Waals surface area (Å²) in [6, 6.07) is 12.9. The number of fused-ring (bicyclic) bond motifs is 2. The smallest absolute Gasteiger partial charge is 0.314 e. The summed E-state index contributed by atoms with van der Waals surface area (Å²) in [7, 11) is 1.74. The van der Waals surface area contributed by atoms with E-state index in [1.807, 2.05) is 12.1 Å². The Kier molecular flexibility index (Phi) is 3.93. The molecule has 4 aromatic rings. The van der Waals surface area contributed by atoms with Gasteiger partial charge in [-0.15, -0.1) is 11.3 Å². The summed E-state index contributed by atoms with van der Waals surface area (Å²) in [5, 5.41) is 3.22. The third kappa shape index (κ3) is 2.82. The van der Waals surface area contributed by atoms with Crippen LogP contribution >= 0.6 is 11.3 Å². The van der Waals surface area contributed by atoms with Gasteiger partial charge in [-0.3, -0.25) is 14.4 Å². The fourth-order valence-electron chi connectivity index (χ4n) is 2.95. The first-order valence-electron chi connectivity index (χ1n) is 8.00.